The Morgan fingerprint density at radius 3 is 2.48 bits per heavy atom. The highest BCUT2D eigenvalue weighted by molar-refractivity contribution is 5.92. The Morgan fingerprint density at radius 2 is 1.70 bits per heavy atom. The summed E-state index contributed by atoms with van der Waals surface area (Å²) in [6.45, 7) is 3.73. The number of methoxy groups -OCH3 is 1. The van der Waals surface area contributed by atoms with Gasteiger partial charge in [0.15, 0.2) is 5.78 Å². The number of aryl methyl sites for hydroxylation is 1. The molecule has 2 aromatic rings. The summed E-state index contributed by atoms with van der Waals surface area (Å²) in [5, 5.41) is 3.05. The molecule has 10 heteroatoms. The smallest absolute Gasteiger partial charge is 0.408 e. The second-order valence-corrected chi connectivity index (χ2v) is 14.5. The molecule has 5 aliphatic rings. The number of ether oxygens (including phenoxy) is 3. The van der Waals surface area contributed by atoms with Crippen LogP contribution in [0.5, 0.6) is 11.6 Å². The number of carbonyl (C=O) groups excluding carboxylic acids is 3. The number of alkyl carbamates (subject to hydrolysis) is 1. The number of nitrogens with one attached hydrogen (secondary N) is 1. The normalized spacial score (nSPS) is 33.8. The Bertz CT molecular complexity index is 1480. The quantitative estimate of drug-likeness (QED) is 0.462. The first-order valence-corrected chi connectivity index (χ1v) is 17.6. The van der Waals surface area contributed by atoms with Crippen LogP contribution in [0, 0.1) is 29.6 Å². The van der Waals surface area contributed by atoms with Gasteiger partial charge in [-0.05, 0) is 87.7 Å². The third kappa shape index (κ3) is 6.16. The predicted molar refractivity (Wildman–Crippen MR) is 171 cm³/mol. The SMILES string of the molecule is COc1ccc2nc3c(nc2c1)O[C@H]1CN(C(=O)[C@H](C2CCCCC2)NC(=O)O[C@@H]2CC4C[C@@H]4[C@H]2CCCCC3)[C@H](C(C)=O)[C@@H]1C. The molecule has 1 N–H and O–H groups in total. The van der Waals surface area contributed by atoms with E-state index in [0.717, 1.165) is 75.4 Å². The van der Waals surface area contributed by atoms with Gasteiger partial charge < -0.3 is 24.4 Å². The van der Waals surface area contributed by atoms with Gasteiger partial charge >= 0.3 is 6.09 Å². The molecule has 3 aliphatic carbocycles. The summed E-state index contributed by atoms with van der Waals surface area (Å²) in [7, 11) is 1.62. The highest BCUT2D eigenvalue weighted by Gasteiger charge is 2.55. The van der Waals surface area contributed by atoms with Gasteiger partial charge in [0, 0.05) is 12.0 Å². The number of hydrogen-bond acceptors (Lipinski definition) is 8. The molecule has 2 bridgehead atoms. The lowest BCUT2D eigenvalue weighted by atomic mass is 9.83. The second kappa shape index (κ2) is 13.0. The number of fused-ring (bicyclic) bond motifs is 7. The molecule has 46 heavy (non-hydrogen) atoms. The Hall–Kier alpha value is -3.43. The van der Waals surface area contributed by atoms with Crippen molar-refractivity contribution >= 4 is 28.8 Å². The molecule has 8 atom stereocenters. The van der Waals surface area contributed by atoms with Gasteiger partial charge in [0.25, 0.3) is 0 Å². The average molecular weight is 633 g/mol. The highest BCUT2D eigenvalue weighted by atomic mass is 16.6. The van der Waals surface area contributed by atoms with Crippen molar-refractivity contribution in [2.24, 2.45) is 29.6 Å². The highest BCUT2D eigenvalue weighted by Crippen LogP contribution is 2.57. The monoisotopic (exact) mass is 632 g/mol. The van der Waals surface area contributed by atoms with Crippen molar-refractivity contribution in [3.63, 3.8) is 0 Å². The number of carbonyl (C=O) groups is 3. The number of ketones is 1. The summed E-state index contributed by atoms with van der Waals surface area (Å²) in [5.74, 6) is 2.22. The maximum atomic E-state index is 14.5. The molecule has 1 aromatic carbocycles. The number of aromatic nitrogens is 2. The Balaban J connectivity index is 1.23. The van der Waals surface area contributed by atoms with Crippen molar-refractivity contribution in [3.8, 4) is 11.6 Å². The van der Waals surface area contributed by atoms with Crippen molar-refractivity contribution in [2.45, 2.75) is 115 Å². The van der Waals surface area contributed by atoms with E-state index >= 15 is 0 Å². The lowest BCUT2D eigenvalue weighted by molar-refractivity contribution is -0.140. The van der Waals surface area contributed by atoms with E-state index < -0.39 is 24.3 Å². The molecular formula is C36H48N4O6. The first kappa shape index (κ1) is 31.2. The first-order valence-electron chi connectivity index (χ1n) is 17.6. The number of rotatable bonds is 3. The molecule has 2 amide bonds. The van der Waals surface area contributed by atoms with Crippen molar-refractivity contribution < 1.29 is 28.6 Å². The number of hydrogen-bond donors (Lipinski definition) is 1. The van der Waals surface area contributed by atoms with E-state index in [1.165, 1.54) is 13.3 Å². The predicted octanol–water partition coefficient (Wildman–Crippen LogP) is 5.64. The van der Waals surface area contributed by atoms with Crippen LogP contribution in [0.1, 0.15) is 90.2 Å². The number of Topliss-reactive ketones (excluding diaryl/α,β-unsaturated/α-hetero) is 1. The van der Waals surface area contributed by atoms with E-state index in [0.29, 0.717) is 41.3 Å². The summed E-state index contributed by atoms with van der Waals surface area (Å²) >= 11 is 0. The Kier molecular flexibility index (Phi) is 8.81. The van der Waals surface area contributed by atoms with E-state index in [-0.39, 0.29) is 36.2 Å². The maximum absolute atomic E-state index is 14.5. The molecule has 1 unspecified atom stereocenters. The average Bonchev–Trinajstić information content (AvgIpc) is 3.62. The molecule has 7 rings (SSSR count). The molecule has 248 valence electrons. The van der Waals surface area contributed by atoms with Crippen LogP contribution in [0.3, 0.4) is 0 Å². The third-order valence-corrected chi connectivity index (χ3v) is 11.6. The molecule has 0 spiro atoms. The van der Waals surface area contributed by atoms with E-state index in [9.17, 15) is 14.4 Å². The minimum atomic E-state index is -0.739. The van der Waals surface area contributed by atoms with Crippen LogP contribution in [0.4, 0.5) is 4.79 Å². The van der Waals surface area contributed by atoms with Crippen molar-refractivity contribution in [1.29, 1.82) is 0 Å². The zero-order valence-corrected chi connectivity index (χ0v) is 27.4. The Morgan fingerprint density at radius 1 is 0.913 bits per heavy atom. The molecule has 1 aromatic heterocycles. The number of benzene rings is 1. The standard InChI is InChI=1S/C36H48N4O6/c1-20-31-19-40(33(20)21(2)41)35(42)32(22-10-6-4-7-11-22)39-36(43)46-30-17-23-16-26(23)25(30)12-8-5-9-13-28-34(45-31)38-29-18-24(44-3)14-15-27(29)37-28/h14-15,18,20,22-23,25-26,30-33H,4-13,16-17,19H2,1-3H3,(H,39,43)/t20-,23?,25-,26+,30-,31+,32+,33+/m1/s1. The largest absolute Gasteiger partial charge is 0.497 e. The molecular weight excluding hydrogens is 584 g/mol. The summed E-state index contributed by atoms with van der Waals surface area (Å²) in [4.78, 5) is 52.7. The fraction of sp³-hybridized carbons (Fsp3) is 0.694. The number of nitrogens with zero attached hydrogens (tertiary/aromatic N) is 3. The lowest BCUT2D eigenvalue weighted by Crippen LogP contribution is -2.55. The van der Waals surface area contributed by atoms with Crippen molar-refractivity contribution in [2.75, 3.05) is 13.7 Å². The van der Waals surface area contributed by atoms with Crippen LogP contribution < -0.4 is 14.8 Å². The summed E-state index contributed by atoms with van der Waals surface area (Å²) < 4.78 is 18.2. The van der Waals surface area contributed by atoms with Crippen LogP contribution in [-0.4, -0.2) is 70.6 Å². The third-order valence-electron chi connectivity index (χ3n) is 11.6. The molecule has 0 radical (unpaired) electrons. The van der Waals surface area contributed by atoms with Gasteiger partial charge in [0.1, 0.15) is 29.7 Å². The topological polar surface area (TPSA) is 120 Å². The molecule has 10 nitrogen and oxygen atoms in total. The van der Waals surface area contributed by atoms with Gasteiger partial charge in [-0.1, -0.05) is 39.0 Å². The van der Waals surface area contributed by atoms with E-state index in [4.69, 9.17) is 24.2 Å². The fourth-order valence-corrected chi connectivity index (χ4v) is 9.03. The van der Waals surface area contributed by atoms with Crippen LogP contribution in [0.25, 0.3) is 11.0 Å². The van der Waals surface area contributed by atoms with Crippen LogP contribution in [0.2, 0.25) is 0 Å². The van der Waals surface area contributed by atoms with Crippen molar-refractivity contribution in [1.82, 2.24) is 20.2 Å². The van der Waals surface area contributed by atoms with E-state index in [1.54, 1.807) is 12.0 Å². The minimum absolute atomic E-state index is 0.00277. The van der Waals surface area contributed by atoms with Crippen molar-refractivity contribution in [3.05, 3.63) is 23.9 Å². The van der Waals surface area contributed by atoms with E-state index in [2.05, 4.69) is 5.32 Å². The molecule has 2 aliphatic heterocycles. The molecule has 1 saturated heterocycles. The summed E-state index contributed by atoms with van der Waals surface area (Å²) in [6.07, 6.45) is 10.8. The molecule has 3 heterocycles. The van der Waals surface area contributed by atoms with Crippen LogP contribution >= 0.6 is 0 Å². The summed E-state index contributed by atoms with van der Waals surface area (Å²) in [6, 6.07) is 4.26. The van der Waals surface area contributed by atoms with E-state index in [1.807, 2.05) is 25.1 Å². The van der Waals surface area contributed by atoms with Gasteiger partial charge in [0.2, 0.25) is 11.8 Å². The fourth-order valence-electron chi connectivity index (χ4n) is 9.03. The van der Waals surface area contributed by atoms with Crippen LogP contribution in [-0.2, 0) is 20.7 Å². The van der Waals surface area contributed by atoms with Gasteiger partial charge in [-0.3, -0.25) is 9.59 Å². The van der Waals surface area contributed by atoms with Gasteiger partial charge in [-0.2, -0.15) is 0 Å². The van der Waals surface area contributed by atoms with Gasteiger partial charge in [0.05, 0.1) is 30.7 Å². The maximum Gasteiger partial charge on any atom is 0.408 e. The first-order chi connectivity index (χ1) is 22.3. The minimum Gasteiger partial charge on any atom is -0.497 e. The zero-order chi connectivity index (χ0) is 31.9. The van der Waals surface area contributed by atoms with Crippen LogP contribution in [0.15, 0.2) is 18.2 Å². The van der Waals surface area contributed by atoms with Gasteiger partial charge in [-0.15, -0.1) is 0 Å². The summed E-state index contributed by atoms with van der Waals surface area (Å²) in [5.41, 5.74) is 2.25. The zero-order valence-electron chi connectivity index (χ0n) is 27.4. The molecule has 3 saturated carbocycles. The number of amides is 2. The van der Waals surface area contributed by atoms with Gasteiger partial charge in [-0.25, -0.2) is 14.8 Å². The second-order valence-electron chi connectivity index (χ2n) is 14.5. The molecule has 4 fully saturated rings. The Labute approximate surface area is 271 Å². The lowest BCUT2D eigenvalue weighted by Gasteiger charge is -2.35.